The molecule has 2 aromatic heterocycles. The lowest BCUT2D eigenvalue weighted by Crippen LogP contribution is -2.58. The van der Waals surface area contributed by atoms with Crippen molar-refractivity contribution in [3.8, 4) is 0 Å². The highest BCUT2D eigenvalue weighted by molar-refractivity contribution is 7.77. The third-order valence-corrected chi connectivity index (χ3v) is 6.50. The van der Waals surface area contributed by atoms with E-state index in [1.165, 1.54) is 38.0 Å². The molecule has 2 fully saturated rings. The van der Waals surface area contributed by atoms with Crippen LogP contribution in [-0.2, 0) is 13.0 Å². The first-order valence-corrected chi connectivity index (χ1v) is 10.8. The number of allylic oxidation sites excluding steroid dienone is 1. The van der Waals surface area contributed by atoms with Crippen LogP contribution in [0.3, 0.4) is 0 Å². The number of hydrogen-bond acceptors (Lipinski definition) is 4. The predicted octanol–water partition coefficient (Wildman–Crippen LogP) is 4.53. The minimum Gasteiger partial charge on any atom is -0.311 e. The van der Waals surface area contributed by atoms with Crippen molar-refractivity contribution in [3.05, 3.63) is 46.9 Å². The van der Waals surface area contributed by atoms with Crippen molar-refractivity contribution in [3.63, 3.8) is 0 Å². The van der Waals surface area contributed by atoms with Gasteiger partial charge in [-0.05, 0) is 62.1 Å². The van der Waals surface area contributed by atoms with Crippen LogP contribution in [0.2, 0.25) is 5.02 Å². The molecule has 0 aromatic carbocycles. The molecular weight excluding hydrogens is 376 g/mol. The first kappa shape index (κ1) is 19.3. The van der Waals surface area contributed by atoms with Crippen molar-refractivity contribution in [2.75, 3.05) is 19.6 Å². The van der Waals surface area contributed by atoms with Gasteiger partial charge in [0.1, 0.15) is 5.65 Å². The summed E-state index contributed by atoms with van der Waals surface area (Å²) in [6.07, 6.45) is 12.7. The SMILES string of the molecule is CCc1nc2ccc(Cl)cn2c1CNCC/C=C\CC1CC2(C1)CN(S)C2. The van der Waals surface area contributed by atoms with Gasteiger partial charge in [0.25, 0.3) is 0 Å². The number of nitrogens with zero attached hydrogens (tertiary/aromatic N) is 3. The Kier molecular flexibility index (Phi) is 5.83. The van der Waals surface area contributed by atoms with Gasteiger partial charge in [0.2, 0.25) is 0 Å². The topological polar surface area (TPSA) is 32.6 Å². The molecule has 1 N–H and O–H groups in total. The smallest absolute Gasteiger partial charge is 0.137 e. The van der Waals surface area contributed by atoms with Gasteiger partial charge in [0.15, 0.2) is 0 Å². The van der Waals surface area contributed by atoms with E-state index >= 15 is 0 Å². The number of rotatable bonds is 8. The molecule has 0 bridgehead atoms. The van der Waals surface area contributed by atoms with Gasteiger partial charge in [-0.1, -0.05) is 43.5 Å². The van der Waals surface area contributed by atoms with Crippen LogP contribution in [0.1, 0.15) is 44.0 Å². The Morgan fingerprint density at radius 3 is 2.89 bits per heavy atom. The Hall–Kier alpha value is -1.01. The lowest BCUT2D eigenvalue weighted by Gasteiger charge is -2.57. The van der Waals surface area contributed by atoms with E-state index < -0.39 is 0 Å². The maximum atomic E-state index is 6.16. The zero-order valence-electron chi connectivity index (χ0n) is 16.0. The first-order chi connectivity index (χ1) is 13.1. The van der Waals surface area contributed by atoms with E-state index in [9.17, 15) is 0 Å². The number of halogens is 1. The zero-order valence-corrected chi connectivity index (χ0v) is 17.6. The fourth-order valence-corrected chi connectivity index (χ4v) is 5.46. The van der Waals surface area contributed by atoms with Crippen molar-refractivity contribution in [1.82, 2.24) is 19.0 Å². The first-order valence-electron chi connectivity index (χ1n) is 10.0. The fourth-order valence-electron chi connectivity index (χ4n) is 4.70. The third-order valence-electron chi connectivity index (χ3n) is 5.99. The average Bonchev–Trinajstić information content (AvgIpc) is 2.94. The molecule has 0 unspecified atom stereocenters. The summed E-state index contributed by atoms with van der Waals surface area (Å²) < 4.78 is 4.25. The van der Waals surface area contributed by atoms with Crippen LogP contribution in [0, 0.1) is 11.3 Å². The highest BCUT2D eigenvalue weighted by Gasteiger charge is 2.50. The summed E-state index contributed by atoms with van der Waals surface area (Å²) in [5.74, 6) is 0.895. The number of aryl methyl sites for hydroxylation is 1. The molecule has 4 rings (SSSR count). The Balaban J connectivity index is 1.18. The van der Waals surface area contributed by atoms with Gasteiger partial charge in [0.05, 0.1) is 16.4 Å². The molecule has 1 aliphatic carbocycles. The largest absolute Gasteiger partial charge is 0.311 e. The summed E-state index contributed by atoms with van der Waals surface area (Å²) in [6.45, 7) is 6.33. The summed E-state index contributed by atoms with van der Waals surface area (Å²) in [5.41, 5.74) is 3.97. The van der Waals surface area contributed by atoms with Crippen LogP contribution >= 0.6 is 24.4 Å². The average molecular weight is 405 g/mol. The van der Waals surface area contributed by atoms with Gasteiger partial charge in [-0.25, -0.2) is 4.98 Å². The molecule has 2 aliphatic rings. The molecule has 4 nitrogen and oxygen atoms in total. The van der Waals surface area contributed by atoms with Crippen LogP contribution in [0.4, 0.5) is 0 Å². The number of thiol groups is 1. The minimum absolute atomic E-state index is 0.635. The molecule has 2 aromatic rings. The van der Waals surface area contributed by atoms with Crippen molar-refractivity contribution in [1.29, 1.82) is 0 Å². The summed E-state index contributed by atoms with van der Waals surface area (Å²) in [6, 6.07) is 3.88. The molecule has 1 aliphatic heterocycles. The highest BCUT2D eigenvalue weighted by atomic mass is 35.5. The monoisotopic (exact) mass is 404 g/mol. The fraction of sp³-hybridized carbons (Fsp3) is 0.571. The van der Waals surface area contributed by atoms with Crippen LogP contribution in [0.15, 0.2) is 30.5 Å². The van der Waals surface area contributed by atoms with Crippen LogP contribution in [0.25, 0.3) is 5.65 Å². The van der Waals surface area contributed by atoms with E-state index in [2.05, 4.69) is 45.9 Å². The molecule has 6 heteroatoms. The zero-order chi connectivity index (χ0) is 18.9. The number of imidazole rings is 1. The van der Waals surface area contributed by atoms with E-state index in [0.29, 0.717) is 5.41 Å². The van der Waals surface area contributed by atoms with Crippen molar-refractivity contribution in [2.24, 2.45) is 11.3 Å². The van der Waals surface area contributed by atoms with Gasteiger partial charge in [0, 0.05) is 25.8 Å². The summed E-state index contributed by atoms with van der Waals surface area (Å²) in [7, 11) is 0. The Labute approximate surface area is 172 Å². The predicted molar refractivity (Wildman–Crippen MR) is 115 cm³/mol. The second-order valence-electron chi connectivity index (χ2n) is 8.20. The van der Waals surface area contributed by atoms with Gasteiger partial charge >= 0.3 is 0 Å². The molecule has 146 valence electrons. The van der Waals surface area contributed by atoms with E-state index in [0.717, 1.165) is 48.2 Å². The molecular formula is C21H29ClN4S. The molecule has 0 amide bonds. The van der Waals surface area contributed by atoms with E-state index in [-0.39, 0.29) is 0 Å². The maximum Gasteiger partial charge on any atom is 0.137 e. The van der Waals surface area contributed by atoms with E-state index in [4.69, 9.17) is 16.6 Å². The number of fused-ring (bicyclic) bond motifs is 1. The molecule has 0 radical (unpaired) electrons. The Bertz CT molecular complexity index is 817. The molecule has 1 saturated carbocycles. The highest BCUT2D eigenvalue weighted by Crippen LogP contribution is 2.53. The van der Waals surface area contributed by atoms with Gasteiger partial charge in [-0.15, -0.1) is 0 Å². The van der Waals surface area contributed by atoms with Crippen molar-refractivity contribution in [2.45, 2.75) is 45.6 Å². The number of aromatic nitrogens is 2. The normalized spacial score (nSPS) is 19.8. The Morgan fingerprint density at radius 2 is 2.15 bits per heavy atom. The Morgan fingerprint density at radius 1 is 1.33 bits per heavy atom. The second kappa shape index (κ2) is 8.16. The number of nitrogens with one attached hydrogen (secondary N) is 1. The summed E-state index contributed by atoms with van der Waals surface area (Å²) >= 11 is 10.6. The van der Waals surface area contributed by atoms with Crippen LogP contribution < -0.4 is 5.32 Å². The minimum atomic E-state index is 0.635. The lowest BCUT2D eigenvalue weighted by atomic mass is 9.58. The van der Waals surface area contributed by atoms with Gasteiger partial charge in [-0.2, -0.15) is 0 Å². The number of pyridine rings is 1. The van der Waals surface area contributed by atoms with Crippen LogP contribution in [0.5, 0.6) is 0 Å². The molecule has 3 heterocycles. The summed E-state index contributed by atoms with van der Waals surface area (Å²) in [4.78, 5) is 4.71. The van der Waals surface area contributed by atoms with Crippen molar-refractivity contribution >= 4 is 30.1 Å². The quantitative estimate of drug-likeness (QED) is 0.385. The molecule has 1 spiro atoms. The lowest BCUT2D eigenvalue weighted by molar-refractivity contribution is -0.0454. The summed E-state index contributed by atoms with van der Waals surface area (Å²) in [5, 5.41) is 4.30. The second-order valence-corrected chi connectivity index (χ2v) is 9.21. The van der Waals surface area contributed by atoms with Crippen LogP contribution in [-0.4, -0.2) is 33.3 Å². The third kappa shape index (κ3) is 4.21. The van der Waals surface area contributed by atoms with Crippen molar-refractivity contribution < 1.29 is 0 Å². The molecule has 27 heavy (non-hydrogen) atoms. The number of hydrogen-bond donors (Lipinski definition) is 2. The molecule has 0 atom stereocenters. The van der Waals surface area contributed by atoms with Gasteiger partial charge in [-0.3, -0.25) is 4.31 Å². The van der Waals surface area contributed by atoms with Gasteiger partial charge < -0.3 is 9.72 Å². The molecule has 1 saturated heterocycles. The van der Waals surface area contributed by atoms with E-state index in [1.807, 2.05) is 18.3 Å². The maximum absolute atomic E-state index is 6.16. The standard InChI is InChI=1S/C21H29ClN4S/c1-2-18-19(26-13-17(22)7-8-20(26)24-18)12-23-9-5-3-4-6-16-10-21(11-16)14-25(27)15-21/h3-4,7-8,13,16,23,27H,2,5-6,9-12,14-15H2,1H3/b4-3-. The van der Waals surface area contributed by atoms with E-state index in [1.54, 1.807) is 0 Å².